The highest BCUT2D eigenvalue weighted by Crippen LogP contribution is 2.29. The van der Waals surface area contributed by atoms with Crippen LogP contribution in [-0.4, -0.2) is 50.9 Å². The number of hydrogen-bond donors (Lipinski definition) is 2. The summed E-state index contributed by atoms with van der Waals surface area (Å²) in [6.07, 6.45) is 10.9. The van der Waals surface area contributed by atoms with Crippen LogP contribution in [0, 0.1) is 23.7 Å². The van der Waals surface area contributed by atoms with E-state index in [0.717, 1.165) is 51.6 Å². The second-order valence-electron chi connectivity index (χ2n) is 9.39. The summed E-state index contributed by atoms with van der Waals surface area (Å²) in [5.74, 6) is 1.82. The predicted octanol–water partition coefficient (Wildman–Crippen LogP) is 4.37. The van der Waals surface area contributed by atoms with E-state index in [4.69, 9.17) is 9.57 Å². The molecule has 8 nitrogen and oxygen atoms in total. The van der Waals surface area contributed by atoms with Gasteiger partial charge in [-0.2, -0.15) is 5.48 Å². The van der Waals surface area contributed by atoms with Crippen molar-refractivity contribution in [1.29, 1.82) is 0 Å². The minimum atomic E-state index is -0.302. The molecule has 2 aliphatic carbocycles. The first-order chi connectivity index (χ1) is 15.6. The number of aliphatic imine (C=N–C) groups is 2. The largest absolute Gasteiger partial charge is 0.450 e. The minimum absolute atomic E-state index is 0.294. The van der Waals surface area contributed by atoms with Crippen molar-refractivity contribution < 1.29 is 19.2 Å². The molecular formula is C24H42N4O4. The monoisotopic (exact) mass is 450 g/mol. The van der Waals surface area contributed by atoms with Gasteiger partial charge in [-0.3, -0.25) is 4.79 Å². The molecule has 4 atom stereocenters. The summed E-state index contributed by atoms with van der Waals surface area (Å²) in [5.41, 5.74) is 2.77. The number of alkyl carbamates (subject to hydrolysis) is 1. The summed E-state index contributed by atoms with van der Waals surface area (Å²) in [4.78, 5) is 36.3. The molecule has 2 N–H and O–H groups in total. The number of rotatable bonds is 12. The quantitative estimate of drug-likeness (QED) is 0.261. The Morgan fingerprint density at radius 1 is 0.938 bits per heavy atom. The van der Waals surface area contributed by atoms with Gasteiger partial charge in [0.05, 0.1) is 25.7 Å². The van der Waals surface area contributed by atoms with E-state index >= 15 is 0 Å². The van der Waals surface area contributed by atoms with Crippen LogP contribution in [0.5, 0.6) is 0 Å². The molecule has 0 radical (unpaired) electrons. The van der Waals surface area contributed by atoms with Crippen LogP contribution in [0.1, 0.15) is 78.1 Å². The van der Waals surface area contributed by atoms with Gasteiger partial charge in [-0.1, -0.05) is 26.2 Å². The molecule has 2 saturated carbocycles. The Hall–Kier alpha value is -1.92. The van der Waals surface area contributed by atoms with Crippen molar-refractivity contribution in [3.8, 4) is 0 Å². The normalized spacial score (nSPS) is 25.3. The highest BCUT2D eigenvalue weighted by Gasteiger charge is 2.23. The van der Waals surface area contributed by atoms with Crippen LogP contribution in [0.3, 0.4) is 0 Å². The fourth-order valence-corrected chi connectivity index (χ4v) is 4.75. The average Bonchev–Trinajstić information content (AvgIpc) is 2.78. The standard InChI is InChI=1S/C24H42N4O4/c1-3-4-11-31-24(30)27-16-22-9-5-7-20(12-22)14-25-18-26-15-21-8-6-10-23(13-21)17-28-32-19(2)29/h20-23,28H,3-17H2,1-2H3,(H,27,30). The predicted molar refractivity (Wildman–Crippen MR) is 125 cm³/mol. The number of unbranched alkanes of at least 4 members (excludes halogenated alkanes) is 1. The lowest BCUT2D eigenvalue weighted by Gasteiger charge is -2.28. The van der Waals surface area contributed by atoms with Gasteiger partial charge in [0.2, 0.25) is 0 Å². The van der Waals surface area contributed by atoms with E-state index in [1.807, 2.05) is 0 Å². The van der Waals surface area contributed by atoms with E-state index in [9.17, 15) is 9.59 Å². The highest BCUT2D eigenvalue weighted by molar-refractivity contribution is 5.67. The average molecular weight is 451 g/mol. The fraction of sp³-hybridized carbons (Fsp3) is 0.875. The molecule has 4 unspecified atom stereocenters. The number of ether oxygens (including phenoxy) is 1. The van der Waals surface area contributed by atoms with Crippen molar-refractivity contribution in [1.82, 2.24) is 10.8 Å². The molecule has 182 valence electrons. The molecule has 0 bridgehead atoms. The van der Waals surface area contributed by atoms with Crippen LogP contribution in [0.25, 0.3) is 0 Å². The molecule has 0 aliphatic heterocycles. The lowest BCUT2D eigenvalue weighted by Crippen LogP contribution is -2.32. The number of amides is 1. The van der Waals surface area contributed by atoms with Gasteiger partial charge in [0, 0.05) is 20.0 Å². The maximum atomic E-state index is 11.7. The topological polar surface area (TPSA) is 101 Å². The zero-order valence-corrected chi connectivity index (χ0v) is 19.9. The molecule has 0 spiro atoms. The maximum absolute atomic E-state index is 11.7. The molecule has 2 fully saturated rings. The van der Waals surface area contributed by atoms with E-state index < -0.39 is 0 Å². The van der Waals surface area contributed by atoms with Crippen molar-refractivity contribution in [3.05, 3.63) is 0 Å². The second-order valence-corrected chi connectivity index (χ2v) is 9.39. The smallest absolute Gasteiger partial charge is 0.407 e. The van der Waals surface area contributed by atoms with Gasteiger partial charge in [-0.15, -0.1) is 0 Å². The molecule has 0 heterocycles. The third-order valence-electron chi connectivity index (χ3n) is 6.48. The molecule has 0 aromatic rings. The van der Waals surface area contributed by atoms with Crippen LogP contribution in [0.2, 0.25) is 0 Å². The minimum Gasteiger partial charge on any atom is -0.450 e. The van der Waals surface area contributed by atoms with Crippen LogP contribution < -0.4 is 10.8 Å². The number of nitrogens with zero attached hydrogens (tertiary/aromatic N) is 2. The second kappa shape index (κ2) is 15.8. The van der Waals surface area contributed by atoms with Gasteiger partial charge in [0.1, 0.15) is 0 Å². The van der Waals surface area contributed by atoms with Crippen molar-refractivity contribution in [3.63, 3.8) is 0 Å². The molecular weight excluding hydrogens is 408 g/mol. The molecule has 2 rings (SSSR count). The molecule has 0 aromatic heterocycles. The number of hydrogen-bond acceptors (Lipinski definition) is 7. The lowest BCUT2D eigenvalue weighted by atomic mass is 9.81. The Morgan fingerprint density at radius 3 is 2.12 bits per heavy atom. The van der Waals surface area contributed by atoms with Crippen molar-refractivity contribution in [2.45, 2.75) is 78.1 Å². The third kappa shape index (κ3) is 11.6. The molecule has 2 aliphatic rings. The molecule has 32 heavy (non-hydrogen) atoms. The maximum Gasteiger partial charge on any atom is 0.407 e. The molecule has 0 saturated heterocycles. The zero-order chi connectivity index (χ0) is 23.0. The van der Waals surface area contributed by atoms with Crippen molar-refractivity contribution >= 4 is 18.1 Å². The summed E-state index contributed by atoms with van der Waals surface area (Å²) in [7, 11) is 0. The summed E-state index contributed by atoms with van der Waals surface area (Å²) < 4.78 is 5.16. The van der Waals surface area contributed by atoms with E-state index in [2.05, 4.69) is 33.7 Å². The molecule has 1 amide bonds. The molecule has 0 aromatic carbocycles. The van der Waals surface area contributed by atoms with Crippen molar-refractivity contribution in [2.75, 3.05) is 32.8 Å². The summed E-state index contributed by atoms with van der Waals surface area (Å²) >= 11 is 0. The summed E-state index contributed by atoms with van der Waals surface area (Å²) in [5, 5.41) is 2.91. The first-order valence-electron chi connectivity index (χ1n) is 12.5. The van der Waals surface area contributed by atoms with E-state index in [-0.39, 0.29) is 12.1 Å². The fourth-order valence-electron chi connectivity index (χ4n) is 4.75. The van der Waals surface area contributed by atoms with E-state index in [1.165, 1.54) is 32.6 Å². The number of carbonyl (C=O) groups excluding carboxylic acids is 2. The first-order valence-corrected chi connectivity index (χ1v) is 12.5. The van der Waals surface area contributed by atoms with Crippen LogP contribution in [0.15, 0.2) is 9.98 Å². The van der Waals surface area contributed by atoms with Crippen molar-refractivity contribution in [2.24, 2.45) is 33.7 Å². The lowest BCUT2D eigenvalue weighted by molar-refractivity contribution is -0.148. The first kappa shape index (κ1) is 26.3. The van der Waals surface area contributed by atoms with Crippen LogP contribution >= 0.6 is 0 Å². The van der Waals surface area contributed by atoms with Gasteiger partial charge in [0.25, 0.3) is 0 Å². The third-order valence-corrected chi connectivity index (χ3v) is 6.48. The summed E-state index contributed by atoms with van der Waals surface area (Å²) in [6, 6.07) is 2.92. The Kier molecular flexibility index (Phi) is 13.0. The van der Waals surface area contributed by atoms with Gasteiger partial charge in [0.15, 0.2) is 0 Å². The van der Waals surface area contributed by atoms with Gasteiger partial charge < -0.3 is 14.9 Å². The number of hydroxylamine groups is 1. The van der Waals surface area contributed by atoms with Gasteiger partial charge >= 0.3 is 12.1 Å². The van der Waals surface area contributed by atoms with Crippen LogP contribution in [0.4, 0.5) is 4.79 Å². The Morgan fingerprint density at radius 2 is 1.53 bits per heavy atom. The molecule has 8 heteroatoms. The Balaban J connectivity index is 1.61. The number of carbonyl (C=O) groups is 2. The van der Waals surface area contributed by atoms with Gasteiger partial charge in [-0.05, 0) is 68.6 Å². The van der Waals surface area contributed by atoms with Gasteiger partial charge in [-0.25, -0.2) is 14.8 Å². The zero-order valence-electron chi connectivity index (χ0n) is 19.9. The Labute approximate surface area is 193 Å². The highest BCUT2D eigenvalue weighted by atomic mass is 16.7. The Bertz CT molecular complexity index is 621. The SMILES string of the molecule is CCCCOC(=O)NCC1CCCC(CN=C=NCC2CCCC(CNOC(C)=O)C2)C1. The van der Waals surface area contributed by atoms with E-state index in [1.54, 1.807) is 0 Å². The van der Waals surface area contributed by atoms with E-state index in [0.29, 0.717) is 43.4 Å². The summed E-state index contributed by atoms with van der Waals surface area (Å²) in [6.45, 7) is 6.91. The van der Waals surface area contributed by atoms with Crippen LogP contribution in [-0.2, 0) is 14.4 Å². The number of nitrogens with one attached hydrogen (secondary N) is 2.